The minimum atomic E-state index is 0.246. The molecule has 160 valence electrons. The van der Waals surface area contributed by atoms with E-state index in [1.807, 2.05) is 0 Å². The van der Waals surface area contributed by atoms with E-state index in [9.17, 15) is 4.79 Å². The van der Waals surface area contributed by atoms with Crippen molar-refractivity contribution in [1.82, 2.24) is 0 Å². The van der Waals surface area contributed by atoms with E-state index in [2.05, 4.69) is 65.8 Å². The number of carbonyl (C=O) groups excluding carboxylic acids is 1. The van der Waals surface area contributed by atoms with Gasteiger partial charge >= 0.3 is 0 Å². The highest BCUT2D eigenvalue weighted by Gasteiger charge is 2.56. The number of hydrogen-bond donors (Lipinski definition) is 0. The number of hydrogen-bond acceptors (Lipinski definition) is 1. The van der Waals surface area contributed by atoms with Crippen molar-refractivity contribution in [2.24, 2.45) is 46.3 Å². The molecule has 0 bridgehead atoms. The molecule has 0 radical (unpaired) electrons. The van der Waals surface area contributed by atoms with Crippen molar-refractivity contribution in [2.45, 2.75) is 86.5 Å². The quantitative estimate of drug-likeness (QED) is 0.450. The Morgan fingerprint density at radius 3 is 2.45 bits per heavy atom. The molecule has 0 unspecified atom stereocenters. The Kier molecular flexibility index (Phi) is 5.50. The molecule has 0 aliphatic heterocycles. The largest absolute Gasteiger partial charge is 0.299 e. The molecule has 4 aliphatic carbocycles. The molecule has 0 aromatic rings. The number of carbonyl (C=O) groups is 1. The van der Waals surface area contributed by atoms with Crippen LogP contribution < -0.4 is 0 Å². The van der Waals surface area contributed by atoms with E-state index in [0.29, 0.717) is 35.4 Å². The third-order valence-electron chi connectivity index (χ3n) is 9.88. The minimum Gasteiger partial charge on any atom is -0.299 e. The lowest BCUT2D eigenvalue weighted by molar-refractivity contribution is -0.120. The Morgan fingerprint density at radius 2 is 1.72 bits per heavy atom. The van der Waals surface area contributed by atoms with Gasteiger partial charge in [0.2, 0.25) is 0 Å². The molecule has 0 aromatic heterocycles. The van der Waals surface area contributed by atoms with Crippen LogP contribution in [0, 0.1) is 46.3 Å². The van der Waals surface area contributed by atoms with E-state index < -0.39 is 0 Å². The van der Waals surface area contributed by atoms with E-state index in [1.54, 1.807) is 5.57 Å². The van der Waals surface area contributed by atoms with Gasteiger partial charge in [-0.2, -0.15) is 0 Å². The highest BCUT2D eigenvalue weighted by Crippen LogP contribution is 2.65. The zero-order valence-electron chi connectivity index (χ0n) is 19.6. The Balaban J connectivity index is 1.57. The number of ketones is 1. The molecule has 4 aliphatic rings. The van der Waals surface area contributed by atoms with Crippen LogP contribution in [0.15, 0.2) is 35.5 Å². The summed E-state index contributed by atoms with van der Waals surface area (Å²) in [5.41, 5.74) is 3.86. The normalized spacial score (nSPS) is 41.5. The summed E-state index contributed by atoms with van der Waals surface area (Å²) in [6.07, 6.45) is 17.8. The van der Waals surface area contributed by atoms with Crippen LogP contribution in [0.5, 0.6) is 0 Å². The fourth-order valence-electron chi connectivity index (χ4n) is 7.43. The minimum absolute atomic E-state index is 0.246. The van der Waals surface area contributed by atoms with E-state index >= 15 is 0 Å². The van der Waals surface area contributed by atoms with Gasteiger partial charge in [-0.1, -0.05) is 77.0 Å². The van der Waals surface area contributed by atoms with Gasteiger partial charge in [-0.25, -0.2) is 0 Å². The van der Waals surface area contributed by atoms with Crippen LogP contribution >= 0.6 is 0 Å². The Hall–Kier alpha value is -1.11. The van der Waals surface area contributed by atoms with Gasteiger partial charge in [0.15, 0.2) is 0 Å². The molecule has 1 heteroatoms. The monoisotopic (exact) mass is 394 g/mol. The summed E-state index contributed by atoms with van der Waals surface area (Å²) in [7, 11) is 0. The zero-order chi connectivity index (χ0) is 21.0. The first-order chi connectivity index (χ1) is 13.7. The van der Waals surface area contributed by atoms with Gasteiger partial charge in [-0.3, -0.25) is 4.79 Å². The summed E-state index contributed by atoms with van der Waals surface area (Å²) in [6.45, 7) is 14.5. The number of allylic oxidation sites excluding steroid dienone is 6. The second kappa shape index (κ2) is 7.54. The fourth-order valence-corrected chi connectivity index (χ4v) is 7.43. The van der Waals surface area contributed by atoms with Crippen LogP contribution in [0.1, 0.15) is 86.5 Å². The van der Waals surface area contributed by atoms with Crippen molar-refractivity contribution >= 4 is 5.78 Å². The van der Waals surface area contributed by atoms with Crippen molar-refractivity contribution in [3.63, 3.8) is 0 Å². The highest BCUT2D eigenvalue weighted by molar-refractivity contribution is 5.83. The summed E-state index contributed by atoms with van der Waals surface area (Å²) in [5.74, 6) is 4.73. The summed E-state index contributed by atoms with van der Waals surface area (Å²) in [5, 5.41) is 0. The van der Waals surface area contributed by atoms with E-state index in [1.165, 1.54) is 31.3 Å². The molecule has 0 amide bonds. The molecule has 0 aromatic carbocycles. The van der Waals surface area contributed by atoms with Crippen molar-refractivity contribution in [3.8, 4) is 0 Å². The summed E-state index contributed by atoms with van der Waals surface area (Å²) < 4.78 is 0. The SMILES string of the molecule is CC(C)[C@H](C)/C=C\[C@H](C)[C@@H]1CC[C@@H]2C3=CC=C4CC(=O)CC[C@]4(C)[C@@H]3CC[C@@]21C. The topological polar surface area (TPSA) is 17.1 Å². The average Bonchev–Trinajstić information content (AvgIpc) is 3.03. The maximum Gasteiger partial charge on any atom is 0.136 e. The fraction of sp³-hybridized carbons (Fsp3) is 0.750. The van der Waals surface area contributed by atoms with Gasteiger partial charge in [0.1, 0.15) is 5.78 Å². The predicted octanol–water partition coefficient (Wildman–Crippen LogP) is 7.54. The zero-order valence-corrected chi connectivity index (χ0v) is 19.6. The lowest BCUT2D eigenvalue weighted by atomic mass is 9.50. The Labute approximate surface area is 179 Å². The second-order valence-electron chi connectivity index (χ2n) is 11.7. The lowest BCUT2D eigenvalue weighted by Gasteiger charge is -2.54. The molecule has 0 spiro atoms. The molecule has 4 rings (SSSR count). The first-order valence-electron chi connectivity index (χ1n) is 12.3. The molecule has 7 atom stereocenters. The summed E-state index contributed by atoms with van der Waals surface area (Å²) in [6, 6.07) is 0. The van der Waals surface area contributed by atoms with Gasteiger partial charge in [0.25, 0.3) is 0 Å². The first-order valence-corrected chi connectivity index (χ1v) is 12.3. The van der Waals surface area contributed by atoms with Crippen molar-refractivity contribution in [2.75, 3.05) is 0 Å². The van der Waals surface area contributed by atoms with E-state index in [4.69, 9.17) is 0 Å². The van der Waals surface area contributed by atoms with Gasteiger partial charge < -0.3 is 0 Å². The Bertz CT molecular complexity index is 752. The van der Waals surface area contributed by atoms with Crippen LogP contribution in [0.3, 0.4) is 0 Å². The van der Waals surface area contributed by atoms with Crippen molar-refractivity contribution in [1.29, 1.82) is 0 Å². The van der Waals surface area contributed by atoms with Gasteiger partial charge in [-0.05, 0) is 78.4 Å². The van der Waals surface area contributed by atoms with Gasteiger partial charge in [0.05, 0.1) is 0 Å². The standard InChI is InChI=1S/C28H42O/c1-18(2)19(3)7-8-20(4)24-11-12-25-23-10-9-21-17-22(29)13-15-27(21,5)26(23)14-16-28(24,25)6/h7-10,18-20,24-26H,11-17H2,1-6H3/b8-7-/t19-,20+,24+,25-,26-,27+,28-/m1/s1. The molecular formula is C28H42O. The van der Waals surface area contributed by atoms with E-state index in [-0.39, 0.29) is 5.41 Å². The molecule has 3 saturated carbocycles. The van der Waals surface area contributed by atoms with Crippen LogP contribution in [-0.2, 0) is 4.79 Å². The van der Waals surface area contributed by atoms with E-state index in [0.717, 1.165) is 30.6 Å². The first kappa shape index (κ1) is 21.1. The highest BCUT2D eigenvalue weighted by atomic mass is 16.1. The van der Waals surface area contributed by atoms with Gasteiger partial charge in [-0.15, -0.1) is 0 Å². The molecule has 0 N–H and O–H groups in total. The van der Waals surface area contributed by atoms with Crippen LogP contribution in [0.4, 0.5) is 0 Å². The third-order valence-corrected chi connectivity index (χ3v) is 9.88. The summed E-state index contributed by atoms with van der Waals surface area (Å²) in [4.78, 5) is 12.1. The molecular weight excluding hydrogens is 352 g/mol. The number of Topliss-reactive ketones (excluding diaryl/α,β-unsaturated/α-hetero) is 1. The predicted molar refractivity (Wildman–Crippen MR) is 122 cm³/mol. The van der Waals surface area contributed by atoms with Crippen molar-refractivity contribution in [3.05, 3.63) is 35.5 Å². The molecule has 29 heavy (non-hydrogen) atoms. The second-order valence-corrected chi connectivity index (χ2v) is 11.7. The van der Waals surface area contributed by atoms with Crippen LogP contribution in [-0.4, -0.2) is 5.78 Å². The third kappa shape index (κ3) is 3.41. The molecule has 0 saturated heterocycles. The van der Waals surface area contributed by atoms with Crippen molar-refractivity contribution < 1.29 is 4.79 Å². The van der Waals surface area contributed by atoms with Gasteiger partial charge in [0, 0.05) is 12.8 Å². The molecule has 3 fully saturated rings. The maximum absolute atomic E-state index is 12.1. The smallest absolute Gasteiger partial charge is 0.136 e. The van der Waals surface area contributed by atoms with Crippen LogP contribution in [0.2, 0.25) is 0 Å². The summed E-state index contributed by atoms with van der Waals surface area (Å²) >= 11 is 0. The Morgan fingerprint density at radius 1 is 0.966 bits per heavy atom. The lowest BCUT2D eigenvalue weighted by Crippen LogP contribution is -2.46. The average molecular weight is 395 g/mol. The molecule has 0 heterocycles. The molecule has 1 nitrogen and oxygen atoms in total. The number of fused-ring (bicyclic) bond motifs is 5. The maximum atomic E-state index is 12.1. The van der Waals surface area contributed by atoms with Crippen LogP contribution in [0.25, 0.3) is 0 Å². The number of rotatable bonds is 4.